The molecular weight excluding hydrogens is 1320 g/mol. The zero-order valence-electron chi connectivity index (χ0n) is 66.4. The molecule has 0 radical (unpaired) electrons. The van der Waals surface area contributed by atoms with Crippen LogP contribution in [0.1, 0.15) is 427 Å². The lowest BCUT2D eigenvalue weighted by Gasteiger charge is -2.21. The minimum atomic E-state index is -4.96. The fourth-order valence-corrected chi connectivity index (χ4v) is 14.2. The maximum atomic E-state index is 13.1. The SMILES string of the molecule is CCCCCCCCCCCCCCCCC(=O)O[C@H](COC(=O)CCCCCCCCCC(C)C)COP(=O)(O)OC[C@H](O)COP(=O)(O)OC[C@@H](COC(=O)CCCCCCCCCCCCCCCCCC(C)C)OC(=O)CCCCCCCCCCCCCCCCCCC(C)C. The highest BCUT2D eigenvalue weighted by atomic mass is 31.2. The van der Waals surface area contributed by atoms with Crippen LogP contribution in [0.5, 0.6) is 0 Å². The topological polar surface area (TPSA) is 237 Å². The van der Waals surface area contributed by atoms with Crippen molar-refractivity contribution in [1.29, 1.82) is 0 Å². The summed E-state index contributed by atoms with van der Waals surface area (Å²) in [6, 6.07) is 0. The number of rotatable bonds is 80. The number of aliphatic hydroxyl groups is 1. The Balaban J connectivity index is 5.24. The Hall–Kier alpha value is -1.94. The molecule has 0 bridgehead atoms. The van der Waals surface area contributed by atoms with Crippen molar-refractivity contribution in [2.24, 2.45) is 17.8 Å². The summed E-state index contributed by atoms with van der Waals surface area (Å²) in [7, 11) is -9.92. The van der Waals surface area contributed by atoms with Crippen LogP contribution in [0.25, 0.3) is 0 Å². The van der Waals surface area contributed by atoms with Crippen molar-refractivity contribution in [3.8, 4) is 0 Å². The molecule has 0 saturated carbocycles. The summed E-state index contributed by atoms with van der Waals surface area (Å²) in [5.74, 6) is 0.211. The van der Waals surface area contributed by atoms with Crippen LogP contribution in [0.3, 0.4) is 0 Å². The van der Waals surface area contributed by atoms with E-state index in [1.165, 1.54) is 231 Å². The number of aliphatic hydroxyl groups excluding tert-OH is 1. The lowest BCUT2D eigenvalue weighted by Crippen LogP contribution is -2.30. The Morgan fingerprint density at radius 2 is 0.455 bits per heavy atom. The van der Waals surface area contributed by atoms with Gasteiger partial charge in [0, 0.05) is 25.7 Å². The van der Waals surface area contributed by atoms with Crippen LogP contribution in [0.15, 0.2) is 0 Å². The standard InChI is InChI=1S/C82H160O17P2/c1-8-9-10-11-12-13-14-15-25-31-36-43-51-58-65-82(87)99-78(70-93-80(85)64-57-50-45-38-41-48-55-62-75(6)7)72-97-101(90,91)95-68-76(83)67-94-100(88,89)96-71-77(69-92-79(84)63-56-49-42-35-30-26-22-18-20-24-29-34-40-47-54-61-74(4)5)98-81(86)66-59-52-44-37-32-27-21-17-16-19-23-28-33-39-46-53-60-73(2)3/h73-78,83H,8-72H2,1-7H3,(H,88,89)(H,90,91)/t76-,77-,78-/m1/s1. The molecule has 0 aliphatic heterocycles. The van der Waals surface area contributed by atoms with Gasteiger partial charge in [0.05, 0.1) is 26.4 Å². The Morgan fingerprint density at radius 1 is 0.267 bits per heavy atom. The molecule has 5 atom stereocenters. The molecule has 2 unspecified atom stereocenters. The highest BCUT2D eigenvalue weighted by Crippen LogP contribution is 2.45. The van der Waals surface area contributed by atoms with Crippen LogP contribution < -0.4 is 0 Å². The van der Waals surface area contributed by atoms with Gasteiger partial charge < -0.3 is 33.8 Å². The molecular formula is C82H160O17P2. The quantitative estimate of drug-likeness (QED) is 0.0222. The molecule has 19 heteroatoms. The fraction of sp³-hybridized carbons (Fsp3) is 0.951. The van der Waals surface area contributed by atoms with E-state index in [-0.39, 0.29) is 25.7 Å². The highest BCUT2D eigenvalue weighted by Gasteiger charge is 2.30. The number of phosphoric ester groups is 2. The largest absolute Gasteiger partial charge is 0.472 e. The third-order valence-corrected chi connectivity index (χ3v) is 21.0. The van der Waals surface area contributed by atoms with E-state index in [2.05, 4.69) is 48.5 Å². The Bertz CT molecular complexity index is 1960. The minimum Gasteiger partial charge on any atom is -0.462 e. The summed E-state index contributed by atoms with van der Waals surface area (Å²) in [5.41, 5.74) is 0. The first-order chi connectivity index (χ1) is 48.7. The summed E-state index contributed by atoms with van der Waals surface area (Å²) in [4.78, 5) is 73.0. The molecule has 0 fully saturated rings. The number of carbonyl (C=O) groups is 4. The van der Waals surface area contributed by atoms with Gasteiger partial charge in [0.2, 0.25) is 0 Å². The Labute approximate surface area is 619 Å². The molecule has 3 N–H and O–H groups in total. The highest BCUT2D eigenvalue weighted by molar-refractivity contribution is 7.47. The van der Waals surface area contributed by atoms with Gasteiger partial charge >= 0.3 is 39.5 Å². The first-order valence-electron chi connectivity index (χ1n) is 42.3. The monoisotopic (exact) mass is 1480 g/mol. The number of hydrogen-bond acceptors (Lipinski definition) is 15. The fourth-order valence-electron chi connectivity index (χ4n) is 12.7. The number of esters is 4. The summed E-state index contributed by atoms with van der Waals surface area (Å²) in [5, 5.41) is 10.6. The summed E-state index contributed by atoms with van der Waals surface area (Å²) < 4.78 is 68.7. The van der Waals surface area contributed by atoms with Crippen LogP contribution >= 0.6 is 15.6 Å². The normalized spacial score (nSPS) is 14.0. The van der Waals surface area contributed by atoms with Gasteiger partial charge in [0.25, 0.3) is 0 Å². The van der Waals surface area contributed by atoms with Crippen LogP contribution in [0.2, 0.25) is 0 Å². The predicted octanol–water partition coefficient (Wildman–Crippen LogP) is 24.5. The number of carbonyl (C=O) groups excluding carboxylic acids is 4. The van der Waals surface area contributed by atoms with Crippen molar-refractivity contribution < 1.29 is 80.2 Å². The summed E-state index contributed by atoms with van der Waals surface area (Å²) in [6.07, 6.45) is 61.1. The summed E-state index contributed by atoms with van der Waals surface area (Å²) in [6.45, 7) is 12.0. The second-order valence-corrected chi connectivity index (χ2v) is 33.8. The molecule has 0 amide bonds. The average molecular weight is 1480 g/mol. The third-order valence-electron chi connectivity index (χ3n) is 19.1. The van der Waals surface area contributed by atoms with E-state index in [1.807, 2.05) is 0 Å². The van der Waals surface area contributed by atoms with Crippen molar-refractivity contribution in [2.45, 2.75) is 446 Å². The van der Waals surface area contributed by atoms with Crippen molar-refractivity contribution in [3.63, 3.8) is 0 Å². The lowest BCUT2D eigenvalue weighted by molar-refractivity contribution is -0.161. The van der Waals surface area contributed by atoms with E-state index in [0.717, 1.165) is 108 Å². The smallest absolute Gasteiger partial charge is 0.462 e. The van der Waals surface area contributed by atoms with Crippen molar-refractivity contribution in [3.05, 3.63) is 0 Å². The number of phosphoric acid groups is 2. The molecule has 101 heavy (non-hydrogen) atoms. The molecule has 0 rings (SSSR count). The predicted molar refractivity (Wildman–Crippen MR) is 414 cm³/mol. The van der Waals surface area contributed by atoms with E-state index < -0.39 is 97.5 Å². The molecule has 0 spiro atoms. The number of ether oxygens (including phenoxy) is 4. The number of unbranched alkanes of at least 4 members (excludes halogenated alkanes) is 48. The van der Waals surface area contributed by atoms with E-state index in [9.17, 15) is 43.2 Å². The van der Waals surface area contributed by atoms with Crippen LogP contribution in [0, 0.1) is 17.8 Å². The van der Waals surface area contributed by atoms with Gasteiger partial charge in [-0.15, -0.1) is 0 Å². The van der Waals surface area contributed by atoms with Gasteiger partial charge in [-0.05, 0) is 43.4 Å². The zero-order chi connectivity index (χ0) is 74.4. The van der Waals surface area contributed by atoms with Gasteiger partial charge in [-0.2, -0.15) is 0 Å². The van der Waals surface area contributed by atoms with E-state index in [0.29, 0.717) is 31.6 Å². The Kier molecular flexibility index (Phi) is 70.9. The minimum absolute atomic E-state index is 0.107. The molecule has 0 heterocycles. The molecule has 17 nitrogen and oxygen atoms in total. The second kappa shape index (κ2) is 72.3. The Morgan fingerprint density at radius 3 is 0.673 bits per heavy atom. The van der Waals surface area contributed by atoms with Crippen molar-refractivity contribution in [1.82, 2.24) is 0 Å². The first kappa shape index (κ1) is 99.1. The van der Waals surface area contributed by atoms with Gasteiger partial charge in [-0.25, -0.2) is 9.13 Å². The average Bonchev–Trinajstić information content (AvgIpc) is 0.931. The molecule has 600 valence electrons. The summed E-state index contributed by atoms with van der Waals surface area (Å²) >= 11 is 0. The number of hydrogen-bond donors (Lipinski definition) is 3. The third kappa shape index (κ3) is 76.1. The van der Waals surface area contributed by atoms with Gasteiger partial charge in [0.1, 0.15) is 19.3 Å². The molecule has 0 aromatic rings. The maximum absolute atomic E-state index is 13.1. The lowest BCUT2D eigenvalue weighted by atomic mass is 10.0. The molecule has 0 aromatic carbocycles. The van der Waals surface area contributed by atoms with E-state index >= 15 is 0 Å². The van der Waals surface area contributed by atoms with Crippen LogP contribution in [-0.2, 0) is 65.4 Å². The first-order valence-corrected chi connectivity index (χ1v) is 45.3. The zero-order valence-corrected chi connectivity index (χ0v) is 68.2. The van der Waals surface area contributed by atoms with Gasteiger partial charge in [0.15, 0.2) is 12.2 Å². The van der Waals surface area contributed by atoms with Crippen LogP contribution in [-0.4, -0.2) is 96.7 Å². The molecule has 0 saturated heterocycles. The van der Waals surface area contributed by atoms with Crippen LogP contribution in [0.4, 0.5) is 0 Å². The van der Waals surface area contributed by atoms with E-state index in [4.69, 9.17) is 37.0 Å². The van der Waals surface area contributed by atoms with Crippen molar-refractivity contribution in [2.75, 3.05) is 39.6 Å². The van der Waals surface area contributed by atoms with Crippen molar-refractivity contribution >= 4 is 39.5 Å². The van der Waals surface area contributed by atoms with E-state index in [1.54, 1.807) is 0 Å². The van der Waals surface area contributed by atoms with Gasteiger partial charge in [-0.1, -0.05) is 376 Å². The molecule has 0 aliphatic rings. The molecule has 0 aromatic heterocycles. The maximum Gasteiger partial charge on any atom is 0.472 e. The second-order valence-electron chi connectivity index (χ2n) is 30.9. The molecule has 0 aliphatic carbocycles. The van der Waals surface area contributed by atoms with Gasteiger partial charge in [-0.3, -0.25) is 37.3 Å².